The zero-order valence-corrected chi connectivity index (χ0v) is 11.7. The van der Waals surface area contributed by atoms with Gasteiger partial charge in [0.2, 0.25) is 0 Å². The van der Waals surface area contributed by atoms with Gasteiger partial charge in [-0.15, -0.1) is 12.4 Å². The molecule has 0 aromatic rings. The van der Waals surface area contributed by atoms with Crippen LogP contribution in [0.3, 0.4) is 0 Å². The summed E-state index contributed by atoms with van der Waals surface area (Å²) in [7, 11) is 1.78. The highest BCUT2D eigenvalue weighted by molar-refractivity contribution is 5.85. The minimum atomic E-state index is 0. The number of nitrogens with two attached hydrogens (primary N) is 1. The van der Waals surface area contributed by atoms with E-state index in [1.807, 2.05) is 0 Å². The lowest BCUT2D eigenvalue weighted by molar-refractivity contribution is 0.0544. The fraction of sp³-hybridized carbons (Fsp3) is 1.00. The third kappa shape index (κ3) is 5.48. The molecule has 1 unspecified atom stereocenters. The Hall–Kier alpha value is 0.170. The van der Waals surface area contributed by atoms with Crippen LogP contribution >= 0.6 is 12.4 Å². The van der Waals surface area contributed by atoms with Gasteiger partial charge in [-0.2, -0.15) is 0 Å². The number of hydrogen-bond donors (Lipinski definition) is 1. The Kier molecular flexibility index (Phi) is 7.57. The highest BCUT2D eigenvalue weighted by atomic mass is 35.5. The molecule has 98 valence electrons. The van der Waals surface area contributed by atoms with Crippen molar-refractivity contribution < 1.29 is 4.74 Å². The molecular weight excluding hydrogens is 224 g/mol. The summed E-state index contributed by atoms with van der Waals surface area (Å²) >= 11 is 0. The molecule has 0 saturated carbocycles. The predicted octanol–water partition coefficient (Wildman–Crippen LogP) is 1.75. The van der Waals surface area contributed by atoms with Crippen LogP contribution in [-0.4, -0.2) is 44.8 Å². The lowest BCUT2D eigenvalue weighted by Gasteiger charge is -2.37. The van der Waals surface area contributed by atoms with E-state index < -0.39 is 0 Å². The van der Waals surface area contributed by atoms with E-state index in [1.54, 1.807) is 7.11 Å². The molecule has 0 spiro atoms. The van der Waals surface area contributed by atoms with Gasteiger partial charge in [-0.25, -0.2) is 0 Å². The molecule has 1 heterocycles. The van der Waals surface area contributed by atoms with Crippen LogP contribution in [-0.2, 0) is 4.74 Å². The maximum Gasteiger partial charge on any atom is 0.0525 e. The molecular formula is C12H27ClN2O. The van der Waals surface area contributed by atoms with Gasteiger partial charge in [0, 0.05) is 25.6 Å². The quantitative estimate of drug-likeness (QED) is 0.808. The number of nitrogens with zero attached hydrogens (tertiary/aromatic N) is 1. The number of ether oxygens (including phenoxy) is 1. The molecule has 0 aliphatic carbocycles. The number of halogens is 1. The van der Waals surface area contributed by atoms with E-state index in [0.717, 1.165) is 19.7 Å². The third-order valence-corrected chi connectivity index (χ3v) is 3.12. The zero-order valence-electron chi connectivity index (χ0n) is 10.9. The van der Waals surface area contributed by atoms with E-state index in [2.05, 4.69) is 18.7 Å². The largest absolute Gasteiger partial charge is 0.384 e. The Morgan fingerprint density at radius 3 is 2.69 bits per heavy atom. The normalized spacial score (nSPS) is 22.9. The fourth-order valence-corrected chi connectivity index (χ4v) is 2.53. The molecule has 16 heavy (non-hydrogen) atoms. The average Bonchev–Trinajstić information content (AvgIpc) is 2.17. The molecule has 0 amide bonds. The number of rotatable bonds is 5. The van der Waals surface area contributed by atoms with E-state index in [4.69, 9.17) is 10.5 Å². The SMILES string of the molecule is COCC(C)(C)CN1CCCC(CN)C1.Cl. The summed E-state index contributed by atoms with van der Waals surface area (Å²) in [6, 6.07) is 0. The van der Waals surface area contributed by atoms with Gasteiger partial charge >= 0.3 is 0 Å². The van der Waals surface area contributed by atoms with Gasteiger partial charge in [-0.05, 0) is 31.8 Å². The summed E-state index contributed by atoms with van der Waals surface area (Å²) in [4.78, 5) is 2.54. The summed E-state index contributed by atoms with van der Waals surface area (Å²) in [5.74, 6) is 0.706. The number of methoxy groups -OCH3 is 1. The van der Waals surface area contributed by atoms with Gasteiger partial charge in [-0.1, -0.05) is 13.8 Å². The number of piperidine rings is 1. The molecule has 1 rings (SSSR count). The molecule has 3 nitrogen and oxygen atoms in total. The van der Waals surface area contributed by atoms with Crippen molar-refractivity contribution in [2.24, 2.45) is 17.1 Å². The van der Waals surface area contributed by atoms with Crippen LogP contribution < -0.4 is 5.73 Å². The molecule has 1 fully saturated rings. The van der Waals surface area contributed by atoms with Gasteiger partial charge in [0.05, 0.1) is 6.61 Å². The zero-order chi connectivity index (χ0) is 11.3. The van der Waals surface area contributed by atoms with Crippen molar-refractivity contribution in [2.45, 2.75) is 26.7 Å². The first-order valence-corrected chi connectivity index (χ1v) is 5.99. The van der Waals surface area contributed by atoms with Crippen molar-refractivity contribution in [3.63, 3.8) is 0 Å². The van der Waals surface area contributed by atoms with E-state index in [9.17, 15) is 0 Å². The summed E-state index contributed by atoms with van der Waals surface area (Å²) < 4.78 is 5.25. The van der Waals surface area contributed by atoms with Crippen LogP contribution in [0.25, 0.3) is 0 Å². The lowest BCUT2D eigenvalue weighted by Crippen LogP contribution is -2.44. The molecule has 0 radical (unpaired) electrons. The highest BCUT2D eigenvalue weighted by Gasteiger charge is 2.25. The lowest BCUT2D eigenvalue weighted by atomic mass is 9.91. The van der Waals surface area contributed by atoms with Crippen LogP contribution in [0.4, 0.5) is 0 Å². The third-order valence-electron chi connectivity index (χ3n) is 3.12. The minimum absolute atomic E-state index is 0. The first kappa shape index (κ1) is 16.2. The molecule has 4 heteroatoms. The van der Waals surface area contributed by atoms with Crippen molar-refractivity contribution >= 4 is 12.4 Å². The number of likely N-dealkylation sites (tertiary alicyclic amines) is 1. The minimum Gasteiger partial charge on any atom is -0.384 e. The van der Waals surface area contributed by atoms with Crippen LogP contribution in [0.2, 0.25) is 0 Å². The average molecular weight is 251 g/mol. The molecule has 0 bridgehead atoms. The Balaban J connectivity index is 0.00000225. The second-order valence-electron chi connectivity index (χ2n) is 5.58. The first-order chi connectivity index (χ1) is 7.07. The Morgan fingerprint density at radius 2 is 2.12 bits per heavy atom. The van der Waals surface area contributed by atoms with Gasteiger partial charge in [0.1, 0.15) is 0 Å². The molecule has 2 N–H and O–H groups in total. The summed E-state index contributed by atoms with van der Waals surface area (Å²) in [6.45, 7) is 9.72. The van der Waals surface area contributed by atoms with E-state index >= 15 is 0 Å². The standard InChI is InChI=1S/C12H26N2O.ClH/c1-12(2,10-15-3)9-14-6-4-5-11(7-13)8-14;/h11H,4-10,13H2,1-3H3;1H. The van der Waals surface area contributed by atoms with Crippen molar-refractivity contribution in [3.05, 3.63) is 0 Å². The maximum absolute atomic E-state index is 5.74. The summed E-state index contributed by atoms with van der Waals surface area (Å²) in [5, 5.41) is 0. The monoisotopic (exact) mass is 250 g/mol. The van der Waals surface area contributed by atoms with Gasteiger partial charge in [0.25, 0.3) is 0 Å². The molecule has 0 aromatic carbocycles. The van der Waals surface area contributed by atoms with Crippen molar-refractivity contribution in [2.75, 3.05) is 39.9 Å². The van der Waals surface area contributed by atoms with Crippen LogP contribution in [0, 0.1) is 11.3 Å². The molecule has 0 aromatic heterocycles. The van der Waals surface area contributed by atoms with Crippen LogP contribution in [0.1, 0.15) is 26.7 Å². The van der Waals surface area contributed by atoms with Gasteiger partial charge in [0.15, 0.2) is 0 Å². The fourth-order valence-electron chi connectivity index (χ4n) is 2.53. The van der Waals surface area contributed by atoms with Gasteiger partial charge < -0.3 is 15.4 Å². The summed E-state index contributed by atoms with van der Waals surface area (Å²) in [6.07, 6.45) is 2.60. The van der Waals surface area contributed by atoms with Gasteiger partial charge in [-0.3, -0.25) is 0 Å². The Morgan fingerprint density at radius 1 is 1.44 bits per heavy atom. The molecule has 1 atom stereocenters. The van der Waals surface area contributed by atoms with Crippen molar-refractivity contribution in [1.82, 2.24) is 4.90 Å². The molecule has 1 saturated heterocycles. The van der Waals surface area contributed by atoms with Crippen molar-refractivity contribution in [3.8, 4) is 0 Å². The smallest absolute Gasteiger partial charge is 0.0525 e. The second kappa shape index (κ2) is 7.49. The topological polar surface area (TPSA) is 38.5 Å². The highest BCUT2D eigenvalue weighted by Crippen LogP contribution is 2.22. The van der Waals surface area contributed by atoms with Crippen molar-refractivity contribution in [1.29, 1.82) is 0 Å². The van der Waals surface area contributed by atoms with Crippen LogP contribution in [0.5, 0.6) is 0 Å². The number of hydrogen-bond acceptors (Lipinski definition) is 3. The molecule has 1 aliphatic rings. The van der Waals surface area contributed by atoms with Crippen LogP contribution in [0.15, 0.2) is 0 Å². The van der Waals surface area contributed by atoms with E-state index in [-0.39, 0.29) is 17.8 Å². The molecule has 1 aliphatic heterocycles. The Labute approximate surface area is 106 Å². The first-order valence-electron chi connectivity index (χ1n) is 5.99. The van der Waals surface area contributed by atoms with E-state index in [0.29, 0.717) is 5.92 Å². The second-order valence-corrected chi connectivity index (χ2v) is 5.58. The predicted molar refractivity (Wildman–Crippen MR) is 71.1 cm³/mol. The Bertz CT molecular complexity index is 188. The van der Waals surface area contributed by atoms with E-state index in [1.165, 1.54) is 25.9 Å². The maximum atomic E-state index is 5.74. The summed E-state index contributed by atoms with van der Waals surface area (Å²) in [5.41, 5.74) is 5.99.